The van der Waals surface area contributed by atoms with Gasteiger partial charge in [0.05, 0.1) is 7.11 Å². The molecule has 0 radical (unpaired) electrons. The number of ether oxygens (including phenoxy) is 1. The van der Waals surface area contributed by atoms with Crippen molar-refractivity contribution < 1.29 is 14.3 Å². The zero-order valence-corrected chi connectivity index (χ0v) is 21.4. The van der Waals surface area contributed by atoms with E-state index in [1.54, 1.807) is 21.0 Å². The number of thiophene rings is 1. The molecule has 34 heavy (non-hydrogen) atoms. The van der Waals surface area contributed by atoms with Gasteiger partial charge in [-0.05, 0) is 122 Å². The number of carbonyl (C=O) groups excluding carboxylic acids is 2. The first kappa shape index (κ1) is 21.4. The number of methoxy groups -OCH3 is 1. The van der Waals surface area contributed by atoms with Crippen molar-refractivity contribution >= 4 is 22.9 Å². The molecule has 5 aliphatic carbocycles. The van der Waals surface area contributed by atoms with Gasteiger partial charge in [0, 0.05) is 27.0 Å². The van der Waals surface area contributed by atoms with Crippen LogP contribution in [0.15, 0.2) is 30.3 Å². The fourth-order valence-electron chi connectivity index (χ4n) is 10.2. The highest BCUT2D eigenvalue weighted by Crippen LogP contribution is 2.82. The highest BCUT2D eigenvalue weighted by atomic mass is 32.1. The topological polar surface area (TPSA) is 43.4 Å². The molecule has 7 rings (SSSR count). The minimum Gasteiger partial charge on any atom is -0.497 e. The number of rotatable bonds is 4. The van der Waals surface area contributed by atoms with Gasteiger partial charge < -0.3 is 4.74 Å². The summed E-state index contributed by atoms with van der Waals surface area (Å²) in [6.45, 7) is 5.72. The maximum absolute atomic E-state index is 13.6. The smallest absolute Gasteiger partial charge is 0.134 e. The predicted octanol–water partition coefficient (Wildman–Crippen LogP) is 6.65. The van der Waals surface area contributed by atoms with Crippen LogP contribution in [0, 0.1) is 40.9 Å². The van der Waals surface area contributed by atoms with E-state index in [-0.39, 0.29) is 34.7 Å². The molecule has 2 spiro atoms. The van der Waals surface area contributed by atoms with E-state index in [4.69, 9.17) is 4.74 Å². The molecular weight excluding hydrogens is 440 g/mol. The second-order valence-corrected chi connectivity index (χ2v) is 13.3. The molecule has 0 aliphatic heterocycles. The van der Waals surface area contributed by atoms with E-state index in [1.165, 1.54) is 53.0 Å². The quantitative estimate of drug-likeness (QED) is 0.499. The molecule has 1 heterocycles. The van der Waals surface area contributed by atoms with Gasteiger partial charge in [-0.1, -0.05) is 6.92 Å². The Labute approximate surface area is 206 Å². The molecule has 0 saturated heterocycles. The van der Waals surface area contributed by atoms with Gasteiger partial charge in [-0.2, -0.15) is 0 Å². The molecule has 4 fully saturated rings. The summed E-state index contributed by atoms with van der Waals surface area (Å²) >= 11 is 1.93. The van der Waals surface area contributed by atoms with E-state index >= 15 is 0 Å². The van der Waals surface area contributed by atoms with Crippen molar-refractivity contribution in [1.82, 2.24) is 0 Å². The van der Waals surface area contributed by atoms with Gasteiger partial charge >= 0.3 is 0 Å². The fourth-order valence-corrected chi connectivity index (χ4v) is 11.8. The Balaban J connectivity index is 1.46. The van der Waals surface area contributed by atoms with Crippen molar-refractivity contribution in [3.63, 3.8) is 0 Å². The SMILES string of the molecule is COc1ccc(-c2cc3c(s2)C2(C4CC5CC6CC2CC56C4)C(C(C)=O)C(C(C)=O)C3C)cc1. The standard InChI is InChI=1S/C30H34O3S/c1-15-24-12-25(18-5-7-23(33-4)8-6-18)34-28(24)30(27(17(3)32)26(15)16(2)31)21-10-19-9-20-11-22(30)14-29(19,20)13-21/h5-8,12,15,19-22,26-27H,9-11,13-14H2,1-4H3. The molecule has 4 heteroatoms. The average molecular weight is 475 g/mol. The summed E-state index contributed by atoms with van der Waals surface area (Å²) < 4.78 is 5.38. The van der Waals surface area contributed by atoms with E-state index in [1.807, 2.05) is 23.5 Å². The Morgan fingerprint density at radius 1 is 0.941 bits per heavy atom. The highest BCUT2D eigenvalue weighted by Gasteiger charge is 2.76. The van der Waals surface area contributed by atoms with E-state index in [0.29, 0.717) is 17.3 Å². The predicted molar refractivity (Wildman–Crippen MR) is 134 cm³/mol. The molecule has 1 aromatic carbocycles. The average Bonchev–Trinajstić information content (AvgIpc) is 3.44. The first-order chi connectivity index (χ1) is 16.3. The molecule has 2 aromatic rings. The van der Waals surface area contributed by atoms with Crippen molar-refractivity contribution in [2.45, 2.75) is 64.2 Å². The third-order valence-corrected chi connectivity index (χ3v) is 12.6. The summed E-state index contributed by atoms with van der Waals surface area (Å²) in [6, 6.07) is 10.7. The van der Waals surface area contributed by atoms with Crippen LogP contribution in [0.25, 0.3) is 10.4 Å². The Kier molecular flexibility index (Phi) is 4.29. The zero-order valence-electron chi connectivity index (χ0n) is 20.6. The summed E-state index contributed by atoms with van der Waals surface area (Å²) in [6.07, 6.45) is 6.53. The molecule has 7 unspecified atom stereocenters. The normalized spacial score (nSPS) is 42.9. The maximum Gasteiger partial charge on any atom is 0.134 e. The summed E-state index contributed by atoms with van der Waals surface area (Å²) in [5, 5.41) is 0. The lowest BCUT2D eigenvalue weighted by Gasteiger charge is -2.57. The largest absolute Gasteiger partial charge is 0.497 e. The number of hydrogen-bond donors (Lipinski definition) is 0. The number of fused-ring (bicyclic) bond motifs is 6. The number of carbonyl (C=O) groups is 2. The minimum atomic E-state index is -0.201. The van der Waals surface area contributed by atoms with Crippen molar-refractivity contribution in [1.29, 1.82) is 0 Å². The number of hydrogen-bond acceptors (Lipinski definition) is 4. The minimum absolute atomic E-state index is 0.0827. The van der Waals surface area contributed by atoms with Crippen LogP contribution < -0.4 is 4.74 Å². The molecule has 3 nitrogen and oxygen atoms in total. The van der Waals surface area contributed by atoms with Crippen LogP contribution in [0.4, 0.5) is 0 Å². The van der Waals surface area contributed by atoms with Crippen LogP contribution in [0.1, 0.15) is 69.2 Å². The molecule has 1 aromatic heterocycles. The Morgan fingerprint density at radius 2 is 1.56 bits per heavy atom. The number of ketones is 2. The van der Waals surface area contributed by atoms with Gasteiger partial charge in [-0.15, -0.1) is 11.3 Å². The fraction of sp³-hybridized carbons (Fsp3) is 0.600. The Bertz CT molecular complexity index is 1180. The molecule has 178 valence electrons. The van der Waals surface area contributed by atoms with E-state index < -0.39 is 0 Å². The number of Topliss-reactive ketones (excluding diaryl/α,β-unsaturated/α-hetero) is 2. The third kappa shape index (κ3) is 2.34. The summed E-state index contributed by atoms with van der Waals surface area (Å²) in [7, 11) is 1.70. The highest BCUT2D eigenvalue weighted by molar-refractivity contribution is 7.15. The summed E-state index contributed by atoms with van der Waals surface area (Å²) in [5.74, 6) is 3.85. The molecular formula is C30H34O3S. The van der Waals surface area contributed by atoms with Crippen molar-refractivity contribution in [3.8, 4) is 16.2 Å². The van der Waals surface area contributed by atoms with Crippen LogP contribution in [-0.2, 0) is 15.0 Å². The first-order valence-electron chi connectivity index (χ1n) is 13.1. The van der Waals surface area contributed by atoms with Crippen LogP contribution >= 0.6 is 11.3 Å². The molecule has 5 aliphatic rings. The molecule has 7 atom stereocenters. The molecule has 0 N–H and O–H groups in total. The van der Waals surface area contributed by atoms with Crippen LogP contribution in [0.3, 0.4) is 0 Å². The van der Waals surface area contributed by atoms with Crippen molar-refractivity contribution in [2.24, 2.45) is 40.9 Å². The van der Waals surface area contributed by atoms with Crippen LogP contribution in [0.5, 0.6) is 5.75 Å². The van der Waals surface area contributed by atoms with Crippen molar-refractivity contribution in [2.75, 3.05) is 7.11 Å². The lowest BCUT2D eigenvalue weighted by atomic mass is 9.46. The van der Waals surface area contributed by atoms with E-state index in [0.717, 1.165) is 17.6 Å². The Morgan fingerprint density at radius 3 is 2.12 bits per heavy atom. The molecule has 3 bridgehead atoms. The maximum atomic E-state index is 13.6. The van der Waals surface area contributed by atoms with Gasteiger partial charge in [-0.25, -0.2) is 0 Å². The molecule has 0 amide bonds. The zero-order chi connectivity index (χ0) is 23.6. The third-order valence-electron chi connectivity index (χ3n) is 11.3. The van der Waals surface area contributed by atoms with Gasteiger partial charge in [0.1, 0.15) is 17.3 Å². The first-order valence-corrected chi connectivity index (χ1v) is 13.9. The van der Waals surface area contributed by atoms with E-state index in [2.05, 4.69) is 25.1 Å². The monoisotopic (exact) mass is 474 g/mol. The van der Waals surface area contributed by atoms with Gasteiger partial charge in [0.25, 0.3) is 0 Å². The van der Waals surface area contributed by atoms with Crippen LogP contribution in [0.2, 0.25) is 0 Å². The van der Waals surface area contributed by atoms with Crippen LogP contribution in [-0.4, -0.2) is 18.7 Å². The second kappa shape index (κ2) is 6.84. The molecule has 4 saturated carbocycles. The van der Waals surface area contributed by atoms with Crippen molar-refractivity contribution in [3.05, 3.63) is 40.8 Å². The lowest BCUT2D eigenvalue weighted by Crippen LogP contribution is -2.58. The van der Waals surface area contributed by atoms with Gasteiger partial charge in [0.15, 0.2) is 0 Å². The summed E-state index contributed by atoms with van der Waals surface area (Å²) in [4.78, 5) is 29.5. The van der Waals surface area contributed by atoms with E-state index in [9.17, 15) is 9.59 Å². The Hall–Kier alpha value is -1.94. The number of benzene rings is 1. The lowest BCUT2D eigenvalue weighted by molar-refractivity contribution is -0.139. The van der Waals surface area contributed by atoms with Gasteiger partial charge in [0.2, 0.25) is 0 Å². The second-order valence-electron chi connectivity index (χ2n) is 12.2. The summed E-state index contributed by atoms with van der Waals surface area (Å²) in [5.41, 5.74) is 2.99. The van der Waals surface area contributed by atoms with Gasteiger partial charge in [-0.3, -0.25) is 9.59 Å².